The summed E-state index contributed by atoms with van der Waals surface area (Å²) in [5.41, 5.74) is -0.544. The minimum absolute atomic E-state index is 0.0684. The van der Waals surface area contributed by atoms with E-state index >= 15 is 0 Å². The van der Waals surface area contributed by atoms with Gasteiger partial charge in [0, 0.05) is 18.8 Å². The first-order valence-electron chi connectivity index (χ1n) is 13.2. The van der Waals surface area contributed by atoms with Gasteiger partial charge in [-0.25, -0.2) is 0 Å². The van der Waals surface area contributed by atoms with Gasteiger partial charge in [-0.1, -0.05) is 20.8 Å². The predicted molar refractivity (Wildman–Crippen MR) is 125 cm³/mol. The number of fused-ring (bicyclic) bond motifs is 5. The van der Waals surface area contributed by atoms with Crippen LogP contribution >= 0.6 is 0 Å². The molecule has 194 valence electrons. The summed E-state index contributed by atoms with van der Waals surface area (Å²) >= 11 is 0. The Labute approximate surface area is 203 Å². The second kappa shape index (κ2) is 9.36. The quantitative estimate of drug-likeness (QED) is 0.518. The van der Waals surface area contributed by atoms with E-state index in [1.807, 2.05) is 0 Å². The molecule has 4 saturated carbocycles. The van der Waals surface area contributed by atoms with E-state index in [2.05, 4.69) is 20.8 Å². The molecule has 0 saturated heterocycles. The minimum Gasteiger partial charge on any atom is -0.469 e. The van der Waals surface area contributed by atoms with E-state index in [1.165, 1.54) is 14.0 Å². The van der Waals surface area contributed by atoms with Crippen molar-refractivity contribution in [3.63, 3.8) is 0 Å². The first kappa shape index (κ1) is 25.9. The van der Waals surface area contributed by atoms with Crippen molar-refractivity contribution in [3.05, 3.63) is 0 Å². The molecule has 0 amide bonds. The van der Waals surface area contributed by atoms with Gasteiger partial charge in [-0.2, -0.15) is 0 Å². The van der Waals surface area contributed by atoms with Crippen LogP contribution in [0.15, 0.2) is 0 Å². The number of ether oxygens (including phenoxy) is 2. The fourth-order valence-electron chi connectivity index (χ4n) is 9.17. The Bertz CT molecular complexity index is 785. The van der Waals surface area contributed by atoms with Crippen LogP contribution in [0.5, 0.6) is 0 Å². The van der Waals surface area contributed by atoms with Crippen molar-refractivity contribution in [2.24, 2.45) is 46.3 Å². The fraction of sp³-hybridized carbons (Fsp3) is 0.926. The Balaban J connectivity index is 1.69. The summed E-state index contributed by atoms with van der Waals surface area (Å²) in [6.45, 7) is 8.07. The van der Waals surface area contributed by atoms with E-state index in [1.54, 1.807) is 0 Å². The summed E-state index contributed by atoms with van der Waals surface area (Å²) in [5, 5.41) is 33.1. The molecule has 5 unspecified atom stereocenters. The molecule has 0 radical (unpaired) electrons. The molecule has 0 aromatic carbocycles. The number of methoxy groups -OCH3 is 1. The van der Waals surface area contributed by atoms with Crippen molar-refractivity contribution in [3.8, 4) is 0 Å². The third-order valence-corrected chi connectivity index (χ3v) is 10.9. The Hall–Kier alpha value is -1.18. The van der Waals surface area contributed by atoms with Gasteiger partial charge in [0.1, 0.15) is 6.10 Å². The number of aliphatic hydroxyl groups excluding tert-OH is 3. The second-order valence-corrected chi connectivity index (χ2v) is 12.3. The molecule has 7 nitrogen and oxygen atoms in total. The van der Waals surface area contributed by atoms with Crippen LogP contribution in [0, 0.1) is 46.3 Å². The number of carbonyl (C=O) groups is 2. The summed E-state index contributed by atoms with van der Waals surface area (Å²) in [6.07, 6.45) is 3.21. The highest BCUT2D eigenvalue weighted by atomic mass is 16.5. The third kappa shape index (κ3) is 4.00. The van der Waals surface area contributed by atoms with Gasteiger partial charge < -0.3 is 24.8 Å². The number of hydrogen-bond acceptors (Lipinski definition) is 7. The SMILES string of the molecule is COC(=O)CC[C@@H](C)[C@H]1CC[C@H]2[C@@H]3C(O)C(O)C4CC(O)CC[C@]4(C)[C@H]3CC(OC(C)=O)[C@]12C. The van der Waals surface area contributed by atoms with Crippen LogP contribution in [0.4, 0.5) is 0 Å². The van der Waals surface area contributed by atoms with Gasteiger partial charge in [-0.3, -0.25) is 9.59 Å². The van der Waals surface area contributed by atoms with Gasteiger partial charge in [-0.15, -0.1) is 0 Å². The Kier molecular flexibility index (Phi) is 7.13. The standard InChI is InChI=1S/C27H44O7/c1-14(6-9-22(30)33-5)17-7-8-18-23-19(13-21(27(17,18)4)34-15(2)28)26(3)11-10-16(29)12-20(26)24(31)25(23)32/h14,16-21,23-25,29,31-32H,6-13H2,1-5H3/t14-,16?,17-,18+,19+,20?,21?,23+,24?,25?,26-,27-/m1/s1. The average molecular weight is 481 g/mol. The van der Waals surface area contributed by atoms with Crippen molar-refractivity contribution in [1.82, 2.24) is 0 Å². The topological polar surface area (TPSA) is 113 Å². The number of rotatable bonds is 5. The lowest BCUT2D eigenvalue weighted by Gasteiger charge is -2.65. The van der Waals surface area contributed by atoms with Gasteiger partial charge >= 0.3 is 11.9 Å². The molecular weight excluding hydrogens is 436 g/mol. The van der Waals surface area contributed by atoms with Crippen molar-refractivity contribution in [2.45, 2.75) is 103 Å². The number of esters is 2. The lowest BCUT2D eigenvalue weighted by Crippen LogP contribution is -2.67. The van der Waals surface area contributed by atoms with Gasteiger partial charge in [0.2, 0.25) is 0 Å². The Morgan fingerprint density at radius 3 is 2.35 bits per heavy atom. The van der Waals surface area contributed by atoms with Crippen LogP contribution in [-0.2, 0) is 19.1 Å². The summed E-state index contributed by atoms with van der Waals surface area (Å²) in [7, 11) is 1.41. The minimum atomic E-state index is -0.855. The van der Waals surface area contributed by atoms with Crippen molar-refractivity contribution in [2.75, 3.05) is 7.11 Å². The van der Waals surface area contributed by atoms with Crippen LogP contribution < -0.4 is 0 Å². The fourth-order valence-corrected chi connectivity index (χ4v) is 9.17. The maximum Gasteiger partial charge on any atom is 0.305 e. The largest absolute Gasteiger partial charge is 0.469 e. The molecule has 3 N–H and O–H groups in total. The maximum atomic E-state index is 12.2. The molecule has 0 aliphatic heterocycles. The van der Waals surface area contributed by atoms with Crippen molar-refractivity contribution >= 4 is 11.9 Å². The highest BCUT2D eigenvalue weighted by molar-refractivity contribution is 5.69. The zero-order valence-electron chi connectivity index (χ0n) is 21.4. The van der Waals surface area contributed by atoms with Gasteiger partial charge in [0.15, 0.2) is 0 Å². The first-order valence-corrected chi connectivity index (χ1v) is 13.2. The van der Waals surface area contributed by atoms with E-state index in [4.69, 9.17) is 9.47 Å². The van der Waals surface area contributed by atoms with Crippen LogP contribution in [-0.4, -0.2) is 58.8 Å². The van der Waals surface area contributed by atoms with E-state index in [0.29, 0.717) is 32.1 Å². The molecular formula is C27H44O7. The molecule has 4 aliphatic carbocycles. The highest BCUT2D eigenvalue weighted by Gasteiger charge is 2.68. The Morgan fingerprint density at radius 2 is 1.71 bits per heavy atom. The highest BCUT2D eigenvalue weighted by Crippen LogP contribution is 2.69. The summed E-state index contributed by atoms with van der Waals surface area (Å²) < 4.78 is 10.9. The molecule has 0 aromatic rings. The second-order valence-electron chi connectivity index (χ2n) is 12.3. The molecule has 12 atom stereocenters. The molecule has 7 heteroatoms. The summed E-state index contributed by atoms with van der Waals surface area (Å²) in [4.78, 5) is 24.0. The van der Waals surface area contributed by atoms with Crippen molar-refractivity contribution < 1.29 is 34.4 Å². The number of carbonyl (C=O) groups excluding carboxylic acids is 2. The van der Waals surface area contributed by atoms with E-state index in [-0.39, 0.29) is 64.4 Å². The van der Waals surface area contributed by atoms with Crippen LogP contribution in [0.2, 0.25) is 0 Å². The average Bonchev–Trinajstić information content (AvgIpc) is 3.15. The van der Waals surface area contributed by atoms with E-state index in [9.17, 15) is 24.9 Å². The zero-order valence-corrected chi connectivity index (χ0v) is 21.4. The molecule has 0 spiro atoms. The number of hydrogen-bond donors (Lipinski definition) is 3. The predicted octanol–water partition coefficient (Wildman–Crippen LogP) is 3.08. The first-order chi connectivity index (χ1) is 15.9. The van der Waals surface area contributed by atoms with Crippen molar-refractivity contribution in [1.29, 1.82) is 0 Å². The lowest BCUT2D eigenvalue weighted by atomic mass is 9.42. The smallest absolute Gasteiger partial charge is 0.305 e. The number of aliphatic hydroxyl groups is 3. The molecule has 4 rings (SSSR count). The van der Waals surface area contributed by atoms with Crippen LogP contribution in [0.3, 0.4) is 0 Å². The molecule has 0 bridgehead atoms. The van der Waals surface area contributed by atoms with Gasteiger partial charge in [0.25, 0.3) is 0 Å². The maximum absolute atomic E-state index is 12.2. The normalized spacial score (nSPS) is 48.8. The molecule has 34 heavy (non-hydrogen) atoms. The summed E-state index contributed by atoms with van der Waals surface area (Å²) in [5.74, 6) is 0.0000754. The monoisotopic (exact) mass is 480 g/mol. The zero-order chi connectivity index (χ0) is 25.0. The lowest BCUT2D eigenvalue weighted by molar-refractivity contribution is -0.247. The third-order valence-electron chi connectivity index (χ3n) is 10.9. The molecule has 0 heterocycles. The van der Waals surface area contributed by atoms with Crippen LogP contribution in [0.1, 0.15) is 79.1 Å². The van der Waals surface area contributed by atoms with Crippen LogP contribution in [0.25, 0.3) is 0 Å². The molecule has 4 fully saturated rings. The summed E-state index contributed by atoms with van der Waals surface area (Å²) in [6, 6.07) is 0. The van der Waals surface area contributed by atoms with Gasteiger partial charge in [0.05, 0.1) is 25.4 Å². The Morgan fingerprint density at radius 1 is 1.00 bits per heavy atom. The van der Waals surface area contributed by atoms with E-state index in [0.717, 1.165) is 19.3 Å². The van der Waals surface area contributed by atoms with Gasteiger partial charge in [-0.05, 0) is 85.9 Å². The van der Waals surface area contributed by atoms with E-state index < -0.39 is 18.3 Å². The molecule has 0 aromatic heterocycles. The molecule has 4 aliphatic rings.